The fraction of sp³-hybridized carbons (Fsp3) is 0.968. The predicted octanol–water partition coefficient (Wildman–Crippen LogP) is 5.86. The summed E-state index contributed by atoms with van der Waals surface area (Å²) < 4.78 is 37.7. The van der Waals surface area contributed by atoms with E-state index in [1.54, 1.807) is 0 Å². The summed E-state index contributed by atoms with van der Waals surface area (Å²) in [7, 11) is -5.26. The van der Waals surface area contributed by atoms with Crippen molar-refractivity contribution >= 4 is 39.0 Å². The van der Waals surface area contributed by atoms with Crippen LogP contribution in [-0.4, -0.2) is 71.0 Å². The summed E-state index contributed by atoms with van der Waals surface area (Å²) in [5.74, 6) is 1.58. The minimum absolute atomic E-state index is 0.0821. The van der Waals surface area contributed by atoms with Crippen molar-refractivity contribution in [3.8, 4) is 0 Å². The Labute approximate surface area is 256 Å². The van der Waals surface area contributed by atoms with Gasteiger partial charge in [-0.25, -0.2) is 0 Å². The van der Waals surface area contributed by atoms with Gasteiger partial charge in [-0.1, -0.05) is 34.6 Å². The number of hydrogen-bond acceptors (Lipinski definition) is 6. The number of fused-ring (bicyclic) bond motifs is 5. The highest BCUT2D eigenvalue weighted by molar-refractivity contribution is 8.29. The molecule has 0 heterocycles. The van der Waals surface area contributed by atoms with Crippen LogP contribution >= 0.6 is 22.9 Å². The van der Waals surface area contributed by atoms with Gasteiger partial charge in [-0.3, -0.25) is 9.35 Å². The molecule has 0 bridgehead atoms. The van der Waals surface area contributed by atoms with Crippen molar-refractivity contribution in [1.29, 1.82) is 0 Å². The first-order valence-corrected chi connectivity index (χ1v) is 20.3. The topological polar surface area (TPSA) is 113 Å². The van der Waals surface area contributed by atoms with E-state index < -0.39 is 26.2 Å². The molecule has 4 saturated carbocycles. The highest BCUT2D eigenvalue weighted by Gasteiger charge is 2.63. The van der Waals surface area contributed by atoms with Crippen LogP contribution < -0.4 is 5.32 Å². The highest BCUT2D eigenvalue weighted by atomic mass is 32.3. The summed E-state index contributed by atoms with van der Waals surface area (Å²) in [5, 5.41) is 14.4. The molecule has 0 aromatic carbocycles. The van der Waals surface area contributed by atoms with Crippen LogP contribution in [0.5, 0.6) is 0 Å². The minimum Gasteiger partial charge on any atom is -0.393 e. The molecule has 240 valence electrons. The van der Waals surface area contributed by atoms with Crippen LogP contribution in [0.3, 0.4) is 0 Å². The van der Waals surface area contributed by atoms with Crippen molar-refractivity contribution in [1.82, 2.24) is 5.32 Å². The lowest BCUT2D eigenvalue weighted by atomic mass is 9.44. The van der Waals surface area contributed by atoms with Crippen molar-refractivity contribution in [2.24, 2.45) is 40.4 Å². The molecule has 3 N–H and O–H groups in total. The van der Waals surface area contributed by atoms with Crippen LogP contribution in [0.1, 0.15) is 98.8 Å². The average Bonchev–Trinajstić information content (AvgIpc) is 3.19. The molecule has 0 aliphatic heterocycles. The van der Waals surface area contributed by atoms with Crippen molar-refractivity contribution in [2.45, 2.75) is 121 Å². The van der Waals surface area contributed by atoms with Gasteiger partial charge < -0.3 is 14.6 Å². The second kappa shape index (κ2) is 12.1. The number of carbonyl (C=O) groups is 1. The summed E-state index contributed by atoms with van der Waals surface area (Å²) in [6.07, 6.45) is 14.3. The van der Waals surface area contributed by atoms with Crippen LogP contribution in [-0.2, 0) is 19.1 Å². The third-order valence-electron chi connectivity index (χ3n) is 12.4. The monoisotopic (exact) mass is 635 g/mol. The predicted molar refractivity (Wildman–Crippen MR) is 172 cm³/mol. The summed E-state index contributed by atoms with van der Waals surface area (Å²) in [6, 6.07) is 0. The van der Waals surface area contributed by atoms with E-state index in [-0.39, 0.29) is 39.4 Å². The molecular formula is C31H57NO6S3. The number of hydrogen-bond donors (Lipinski definition) is 4. The molecular weight excluding hydrogens is 579 g/mol. The quantitative estimate of drug-likeness (QED) is 0.187. The van der Waals surface area contributed by atoms with Crippen LogP contribution in [0.2, 0.25) is 0 Å². The first-order chi connectivity index (χ1) is 18.8. The molecule has 10 atom stereocenters. The average molecular weight is 636 g/mol. The number of aliphatic hydroxyl groups excluding tert-OH is 1. The molecule has 4 aliphatic carbocycles. The van der Waals surface area contributed by atoms with Gasteiger partial charge in [0, 0.05) is 23.0 Å². The Kier molecular flexibility index (Phi) is 9.97. The van der Waals surface area contributed by atoms with E-state index >= 15 is 0 Å². The summed E-state index contributed by atoms with van der Waals surface area (Å²) in [4.78, 5) is 12.3. The lowest BCUT2D eigenvalue weighted by molar-refractivity contribution is -0.170. The van der Waals surface area contributed by atoms with Crippen molar-refractivity contribution < 1.29 is 27.1 Å². The lowest BCUT2D eigenvalue weighted by Crippen LogP contribution is -2.59. The standard InChI is InChI=1S/C31H57NO6S3/c1-29(2,3)40(6,7)38-21-12-14-30(4)20(18-21)19-25(33)28-23-9-8-22(31(23,5)15-13-24(28)30)26(39)10-11-27(34)32-16-17-41(35,36)37/h20-26,28,33,39H,8-19H2,1-7H3,(H,32,34)(H,35,36,37)/t20?,21-,22?,23?,24?,25?,26-,28?,30?,31?/m1/s1. The number of nitrogens with one attached hydrogen (secondary N) is 1. The van der Waals surface area contributed by atoms with Crippen LogP contribution in [0.15, 0.2) is 0 Å². The first kappa shape index (κ1) is 33.9. The largest absolute Gasteiger partial charge is 0.393 e. The zero-order valence-electron chi connectivity index (χ0n) is 26.4. The number of amides is 1. The maximum atomic E-state index is 12.3. The number of thiol groups is 1. The zero-order valence-corrected chi connectivity index (χ0v) is 28.9. The van der Waals surface area contributed by atoms with Crippen LogP contribution in [0.25, 0.3) is 0 Å². The molecule has 0 radical (unpaired) electrons. The van der Waals surface area contributed by atoms with Gasteiger partial charge in [0.05, 0.1) is 18.0 Å². The molecule has 0 aromatic rings. The van der Waals surface area contributed by atoms with E-state index in [4.69, 9.17) is 21.4 Å². The number of aliphatic hydroxyl groups is 1. The van der Waals surface area contributed by atoms with E-state index in [0.29, 0.717) is 48.5 Å². The SMILES string of the molecule is CC12CC[C@@H](OS(C)(C)C(C)(C)C)CC1CC(O)C1C2CCC2(C)C1CCC2[C@H](S)CCC(=O)NCCS(=O)(=O)O. The van der Waals surface area contributed by atoms with Crippen molar-refractivity contribution in [3.05, 3.63) is 0 Å². The minimum atomic E-state index is -4.08. The molecule has 8 unspecified atom stereocenters. The van der Waals surface area contributed by atoms with Gasteiger partial charge >= 0.3 is 0 Å². The van der Waals surface area contributed by atoms with Gasteiger partial charge in [0.25, 0.3) is 10.1 Å². The molecule has 1 amide bonds. The molecule has 0 saturated heterocycles. The fourth-order valence-electron chi connectivity index (χ4n) is 9.32. The van der Waals surface area contributed by atoms with Crippen LogP contribution in [0.4, 0.5) is 0 Å². The Bertz CT molecular complexity index is 1060. The number of carbonyl (C=O) groups excluding carboxylic acids is 1. The Hall–Kier alpha value is -0.0000000000000000763. The molecule has 0 spiro atoms. The van der Waals surface area contributed by atoms with Gasteiger partial charge in [0.1, 0.15) is 0 Å². The molecule has 0 aromatic heterocycles. The second-order valence-electron chi connectivity index (χ2n) is 15.6. The van der Waals surface area contributed by atoms with Crippen molar-refractivity contribution in [3.63, 3.8) is 0 Å². The third-order valence-corrected chi connectivity index (χ3v) is 17.4. The maximum Gasteiger partial charge on any atom is 0.266 e. The lowest BCUT2D eigenvalue weighted by Gasteiger charge is -2.63. The fourth-order valence-corrected chi connectivity index (χ4v) is 11.4. The normalized spacial score (nSPS) is 40.7. The van der Waals surface area contributed by atoms with Gasteiger partial charge in [0.15, 0.2) is 0 Å². The van der Waals surface area contributed by atoms with E-state index in [9.17, 15) is 18.3 Å². The summed E-state index contributed by atoms with van der Waals surface area (Å²) in [5.41, 5.74) is 0.366. The molecule has 10 heteroatoms. The first-order valence-electron chi connectivity index (χ1n) is 15.8. The van der Waals surface area contributed by atoms with E-state index in [1.807, 2.05) is 0 Å². The van der Waals surface area contributed by atoms with E-state index in [0.717, 1.165) is 44.9 Å². The van der Waals surface area contributed by atoms with Gasteiger partial charge in [-0.05, 0) is 111 Å². The Morgan fingerprint density at radius 3 is 2.32 bits per heavy atom. The smallest absolute Gasteiger partial charge is 0.266 e. The highest BCUT2D eigenvalue weighted by Crippen LogP contribution is 2.69. The zero-order chi connectivity index (χ0) is 30.6. The number of rotatable bonds is 9. The second-order valence-corrected chi connectivity index (χ2v) is 21.7. The van der Waals surface area contributed by atoms with Gasteiger partial charge in [-0.2, -0.15) is 21.0 Å². The third kappa shape index (κ3) is 6.98. The van der Waals surface area contributed by atoms with Crippen LogP contribution in [0, 0.1) is 40.4 Å². The Morgan fingerprint density at radius 2 is 1.68 bits per heavy atom. The molecule has 7 nitrogen and oxygen atoms in total. The van der Waals surface area contributed by atoms with Crippen molar-refractivity contribution in [2.75, 3.05) is 24.8 Å². The molecule has 4 fully saturated rings. The summed E-state index contributed by atoms with van der Waals surface area (Å²) >= 11 is 5.01. The van der Waals surface area contributed by atoms with E-state index in [2.05, 4.69) is 52.4 Å². The summed E-state index contributed by atoms with van der Waals surface area (Å²) in [6.45, 7) is 11.7. The molecule has 4 aliphatic rings. The molecule has 41 heavy (non-hydrogen) atoms. The van der Waals surface area contributed by atoms with Gasteiger partial charge in [0.2, 0.25) is 5.91 Å². The Balaban J connectivity index is 1.39. The van der Waals surface area contributed by atoms with E-state index in [1.165, 1.54) is 6.42 Å². The van der Waals surface area contributed by atoms with Gasteiger partial charge in [-0.15, -0.1) is 10.3 Å². The molecule has 4 rings (SSSR count). The maximum absolute atomic E-state index is 12.3. The Morgan fingerprint density at radius 1 is 1.05 bits per heavy atom.